The first kappa shape index (κ1) is 19.7. The predicted molar refractivity (Wildman–Crippen MR) is 104 cm³/mol. The Hall–Kier alpha value is -1.04. The lowest BCUT2D eigenvalue weighted by Gasteiger charge is -2.33. The number of rotatable bonds is 4. The number of thioether (sulfide) groups is 1. The average molecular weight is 420 g/mol. The highest BCUT2D eigenvalue weighted by molar-refractivity contribution is 7.99. The first-order chi connectivity index (χ1) is 12.2. The molecule has 0 aliphatic carbocycles. The summed E-state index contributed by atoms with van der Waals surface area (Å²) in [6.45, 7) is 2.24. The highest BCUT2D eigenvalue weighted by atomic mass is 35.5. The van der Waals surface area contributed by atoms with Crippen molar-refractivity contribution in [1.29, 1.82) is 0 Å². The smallest absolute Gasteiger partial charge is 0.370 e. The summed E-state index contributed by atoms with van der Waals surface area (Å²) in [5, 5.41) is 0.436. The molecule has 7 heteroatoms. The van der Waals surface area contributed by atoms with Crippen LogP contribution < -0.4 is 4.90 Å². The van der Waals surface area contributed by atoms with Gasteiger partial charge in [0.15, 0.2) is 0 Å². The van der Waals surface area contributed by atoms with E-state index < -0.39 is 11.6 Å². The van der Waals surface area contributed by atoms with Crippen molar-refractivity contribution >= 4 is 40.7 Å². The number of alkyl halides is 3. The van der Waals surface area contributed by atoms with Crippen LogP contribution in [0.1, 0.15) is 18.9 Å². The summed E-state index contributed by atoms with van der Waals surface area (Å²) in [5.41, 5.74) is -1.05. The molecule has 0 N–H and O–H groups in total. The molecule has 2 aromatic carbocycles. The fraction of sp³-hybridized carbons (Fsp3) is 0.368. The Morgan fingerprint density at radius 2 is 1.69 bits per heavy atom. The van der Waals surface area contributed by atoms with Crippen LogP contribution in [0.5, 0.6) is 0 Å². The molecule has 1 fully saturated rings. The Balaban J connectivity index is 1.94. The molecule has 26 heavy (non-hydrogen) atoms. The van der Waals surface area contributed by atoms with Gasteiger partial charge in [-0.15, -0.1) is 11.8 Å². The van der Waals surface area contributed by atoms with E-state index in [0.717, 1.165) is 16.3 Å². The van der Waals surface area contributed by atoms with Crippen LogP contribution >= 0.6 is 35.0 Å². The second-order valence-electron chi connectivity index (χ2n) is 6.34. The monoisotopic (exact) mass is 419 g/mol. The maximum atomic E-state index is 14.1. The second-order valence-corrected chi connectivity index (χ2v) is 8.55. The van der Waals surface area contributed by atoms with Gasteiger partial charge in [0.05, 0.1) is 0 Å². The Morgan fingerprint density at radius 3 is 2.23 bits per heavy atom. The second kappa shape index (κ2) is 7.53. The Labute approximate surface area is 165 Å². The number of hydrogen-bond acceptors (Lipinski definition) is 2. The molecular weight excluding hydrogens is 402 g/mol. The van der Waals surface area contributed by atoms with E-state index in [2.05, 4.69) is 6.92 Å². The predicted octanol–water partition coefficient (Wildman–Crippen LogP) is 6.82. The summed E-state index contributed by atoms with van der Waals surface area (Å²) >= 11 is 13.6. The van der Waals surface area contributed by atoms with Crippen LogP contribution in [0.2, 0.25) is 10.0 Å². The van der Waals surface area contributed by atoms with Gasteiger partial charge >= 0.3 is 6.18 Å². The van der Waals surface area contributed by atoms with Gasteiger partial charge < -0.3 is 4.90 Å². The Kier molecular flexibility index (Phi) is 5.71. The van der Waals surface area contributed by atoms with Gasteiger partial charge in [-0.05, 0) is 60.2 Å². The molecule has 0 bridgehead atoms. The number of hydrogen-bond donors (Lipinski definition) is 0. The fourth-order valence-electron chi connectivity index (χ4n) is 3.41. The Morgan fingerprint density at radius 1 is 1.08 bits per heavy atom. The van der Waals surface area contributed by atoms with E-state index in [1.807, 2.05) is 24.3 Å². The number of nitrogens with zero attached hydrogens (tertiary/aromatic N) is 1. The summed E-state index contributed by atoms with van der Waals surface area (Å²) in [4.78, 5) is 2.89. The van der Waals surface area contributed by atoms with Crippen molar-refractivity contribution in [3.05, 3.63) is 58.1 Å². The number of halogens is 5. The van der Waals surface area contributed by atoms with Gasteiger partial charge in [0, 0.05) is 33.7 Å². The molecule has 3 rings (SSSR count). The van der Waals surface area contributed by atoms with Crippen molar-refractivity contribution in [3.63, 3.8) is 0 Å². The molecule has 1 nitrogen and oxygen atoms in total. The molecule has 1 saturated heterocycles. The van der Waals surface area contributed by atoms with Gasteiger partial charge in [-0.2, -0.15) is 13.2 Å². The Bertz CT molecular complexity index is 759. The zero-order chi connectivity index (χ0) is 18.9. The minimum Gasteiger partial charge on any atom is -0.370 e. The maximum absolute atomic E-state index is 14.1. The third-order valence-corrected chi connectivity index (χ3v) is 6.07. The zero-order valence-corrected chi connectivity index (χ0v) is 16.4. The molecule has 0 radical (unpaired) electrons. The molecule has 1 atom stereocenters. The topological polar surface area (TPSA) is 3.24 Å². The molecule has 0 amide bonds. The lowest BCUT2D eigenvalue weighted by atomic mass is 9.79. The van der Waals surface area contributed by atoms with E-state index in [1.54, 1.807) is 16.7 Å². The molecule has 1 heterocycles. The summed E-state index contributed by atoms with van der Waals surface area (Å²) in [6, 6.07) is 11.9. The lowest BCUT2D eigenvalue weighted by molar-refractivity contribution is -0.184. The van der Waals surface area contributed by atoms with Crippen molar-refractivity contribution in [2.24, 2.45) is 0 Å². The van der Waals surface area contributed by atoms with Gasteiger partial charge in [0.1, 0.15) is 5.41 Å². The third-order valence-electron chi connectivity index (χ3n) is 4.74. The van der Waals surface area contributed by atoms with Crippen LogP contribution in [0, 0.1) is 0 Å². The SMILES string of the molecule is CCSc1ccc(N2CCC(c3cc(Cl)cc(Cl)c3)(C(F)(F)F)C2)cc1. The maximum Gasteiger partial charge on any atom is 0.400 e. The van der Waals surface area contributed by atoms with Crippen molar-refractivity contribution in [1.82, 2.24) is 0 Å². The quantitative estimate of drug-likeness (QED) is 0.500. The van der Waals surface area contributed by atoms with E-state index in [9.17, 15) is 13.2 Å². The van der Waals surface area contributed by atoms with Crippen LogP contribution in [0.4, 0.5) is 18.9 Å². The number of benzene rings is 2. The van der Waals surface area contributed by atoms with Crippen molar-refractivity contribution in [3.8, 4) is 0 Å². The van der Waals surface area contributed by atoms with Gasteiger partial charge in [0.2, 0.25) is 0 Å². The molecular formula is C19H18Cl2F3NS. The van der Waals surface area contributed by atoms with Gasteiger partial charge in [0.25, 0.3) is 0 Å². The van der Waals surface area contributed by atoms with E-state index in [4.69, 9.17) is 23.2 Å². The minimum atomic E-state index is -4.40. The van der Waals surface area contributed by atoms with Gasteiger partial charge in [-0.1, -0.05) is 30.1 Å². The van der Waals surface area contributed by atoms with Gasteiger partial charge in [-0.3, -0.25) is 0 Å². The largest absolute Gasteiger partial charge is 0.400 e. The molecule has 0 saturated carbocycles. The fourth-order valence-corrected chi connectivity index (χ4v) is 4.60. The lowest BCUT2D eigenvalue weighted by Crippen LogP contribution is -2.44. The van der Waals surface area contributed by atoms with E-state index >= 15 is 0 Å². The van der Waals surface area contributed by atoms with Crippen LogP contribution in [0.25, 0.3) is 0 Å². The van der Waals surface area contributed by atoms with E-state index in [-0.39, 0.29) is 28.6 Å². The minimum absolute atomic E-state index is 0.0291. The van der Waals surface area contributed by atoms with Crippen molar-refractivity contribution in [2.75, 3.05) is 23.7 Å². The molecule has 140 valence electrons. The summed E-state index contributed by atoms with van der Waals surface area (Å²) < 4.78 is 42.3. The molecule has 1 aliphatic heterocycles. The normalized spacial score (nSPS) is 20.6. The molecule has 1 aliphatic rings. The molecule has 0 aromatic heterocycles. The third kappa shape index (κ3) is 3.80. The van der Waals surface area contributed by atoms with Crippen LogP contribution in [-0.2, 0) is 5.41 Å². The molecule has 0 spiro atoms. The van der Waals surface area contributed by atoms with E-state index in [1.165, 1.54) is 18.2 Å². The molecule has 1 unspecified atom stereocenters. The summed E-state index contributed by atoms with van der Waals surface area (Å²) in [6.07, 6.45) is -4.42. The molecule has 2 aromatic rings. The summed E-state index contributed by atoms with van der Waals surface area (Å²) in [5.74, 6) is 0.954. The van der Waals surface area contributed by atoms with Crippen LogP contribution in [0.3, 0.4) is 0 Å². The van der Waals surface area contributed by atoms with Crippen LogP contribution in [-0.4, -0.2) is 25.0 Å². The van der Waals surface area contributed by atoms with Crippen LogP contribution in [0.15, 0.2) is 47.4 Å². The van der Waals surface area contributed by atoms with Crippen molar-refractivity contribution in [2.45, 2.75) is 29.8 Å². The zero-order valence-electron chi connectivity index (χ0n) is 14.1. The first-order valence-corrected chi connectivity index (χ1v) is 10.0. The van der Waals surface area contributed by atoms with Gasteiger partial charge in [-0.25, -0.2) is 0 Å². The van der Waals surface area contributed by atoms with E-state index in [0.29, 0.717) is 6.54 Å². The highest BCUT2D eigenvalue weighted by Gasteiger charge is 2.59. The van der Waals surface area contributed by atoms with Crippen molar-refractivity contribution < 1.29 is 13.2 Å². The standard InChI is InChI=1S/C19H18Cl2F3NS/c1-2-26-17-5-3-16(4-6-17)25-8-7-18(12-25,19(22,23)24)13-9-14(20)11-15(21)10-13/h3-6,9-11H,2,7-8,12H2,1H3. The highest BCUT2D eigenvalue weighted by Crippen LogP contribution is 2.49. The summed E-state index contributed by atoms with van der Waals surface area (Å²) in [7, 11) is 0. The first-order valence-electron chi connectivity index (χ1n) is 8.26. The number of anilines is 1. The average Bonchev–Trinajstić information content (AvgIpc) is 3.01.